The normalized spacial score (nSPS) is 16.3. The van der Waals surface area contributed by atoms with E-state index in [0.717, 1.165) is 49.7 Å². The highest BCUT2D eigenvalue weighted by Gasteiger charge is 2.19. The highest BCUT2D eigenvalue weighted by molar-refractivity contribution is 5.80. The number of hydrogen-bond donors (Lipinski definition) is 2. The van der Waals surface area contributed by atoms with Gasteiger partial charge in [-0.2, -0.15) is 0 Å². The van der Waals surface area contributed by atoms with Gasteiger partial charge in [0.25, 0.3) is 0 Å². The molecule has 1 heterocycles. The molecule has 6 heteroatoms. The molecule has 0 bridgehead atoms. The maximum Gasteiger partial charge on any atom is 0.193 e. The van der Waals surface area contributed by atoms with E-state index in [2.05, 4.69) is 22.1 Å². The predicted molar refractivity (Wildman–Crippen MR) is 95.4 cm³/mol. The number of nitrogens with zero attached hydrogens (tertiary/aromatic N) is 2. The van der Waals surface area contributed by atoms with Gasteiger partial charge in [-0.15, -0.1) is 0 Å². The van der Waals surface area contributed by atoms with Gasteiger partial charge in [0, 0.05) is 25.2 Å². The lowest BCUT2D eigenvalue weighted by molar-refractivity contribution is 0.107. The lowest BCUT2D eigenvalue weighted by Gasteiger charge is -2.32. The first-order valence-electron chi connectivity index (χ1n) is 8.65. The molecule has 0 atom stereocenters. The van der Waals surface area contributed by atoms with E-state index in [1.54, 1.807) is 7.11 Å². The number of hydrogen-bond acceptors (Lipinski definition) is 4. The van der Waals surface area contributed by atoms with Gasteiger partial charge in [0.15, 0.2) is 5.96 Å². The van der Waals surface area contributed by atoms with Crippen molar-refractivity contribution in [1.29, 1.82) is 0 Å². The molecule has 1 aromatic carbocycles. The molecule has 0 radical (unpaired) electrons. The fourth-order valence-corrected chi connectivity index (χ4v) is 2.72. The summed E-state index contributed by atoms with van der Waals surface area (Å²) in [6.07, 6.45) is 1.43. The first-order valence-corrected chi connectivity index (χ1v) is 8.65. The third kappa shape index (κ3) is 5.69. The van der Waals surface area contributed by atoms with E-state index in [1.165, 1.54) is 0 Å². The number of rotatable bonds is 7. The average Bonchev–Trinajstić information content (AvgIpc) is 2.61. The Bertz CT molecular complexity index is 514. The van der Waals surface area contributed by atoms with Gasteiger partial charge in [-0.1, -0.05) is 18.2 Å². The van der Waals surface area contributed by atoms with E-state index < -0.39 is 0 Å². The topological polar surface area (TPSA) is 66.3 Å². The summed E-state index contributed by atoms with van der Waals surface area (Å²) in [7, 11) is 1.67. The van der Waals surface area contributed by atoms with Crippen molar-refractivity contribution in [3.05, 3.63) is 29.8 Å². The van der Waals surface area contributed by atoms with E-state index in [1.807, 2.05) is 24.3 Å². The molecule has 0 amide bonds. The summed E-state index contributed by atoms with van der Waals surface area (Å²) in [6, 6.07) is 7.87. The number of para-hydroxylation sites is 1. The number of benzene rings is 1. The number of aliphatic hydroxyl groups excluding tert-OH is 1. The second kappa shape index (κ2) is 10.2. The van der Waals surface area contributed by atoms with Crippen molar-refractivity contribution >= 4 is 5.96 Å². The molecule has 6 nitrogen and oxygen atoms in total. The van der Waals surface area contributed by atoms with E-state index in [9.17, 15) is 5.11 Å². The Morgan fingerprint density at radius 2 is 2.08 bits per heavy atom. The fraction of sp³-hybridized carbons (Fsp3) is 0.611. The van der Waals surface area contributed by atoms with Crippen LogP contribution in [0.25, 0.3) is 0 Å². The number of nitrogens with one attached hydrogen (secondary N) is 1. The van der Waals surface area contributed by atoms with Crippen LogP contribution in [0.2, 0.25) is 0 Å². The number of piperidine rings is 1. The number of aliphatic hydroxyl groups is 1. The molecule has 24 heavy (non-hydrogen) atoms. The molecule has 1 aliphatic heterocycles. The van der Waals surface area contributed by atoms with Gasteiger partial charge >= 0.3 is 0 Å². The van der Waals surface area contributed by atoms with E-state index >= 15 is 0 Å². The summed E-state index contributed by atoms with van der Waals surface area (Å²) < 4.78 is 11.0. The minimum Gasteiger partial charge on any atom is -0.496 e. The Morgan fingerprint density at radius 1 is 1.33 bits per heavy atom. The molecule has 1 saturated heterocycles. The van der Waals surface area contributed by atoms with Crippen LogP contribution in [0.5, 0.6) is 5.75 Å². The number of methoxy groups -OCH3 is 1. The van der Waals surface area contributed by atoms with Crippen LogP contribution in [-0.4, -0.2) is 62.0 Å². The van der Waals surface area contributed by atoms with Crippen molar-refractivity contribution in [2.45, 2.75) is 32.5 Å². The smallest absolute Gasteiger partial charge is 0.193 e. The Labute approximate surface area is 144 Å². The second-order valence-electron chi connectivity index (χ2n) is 5.82. The minimum atomic E-state index is -0.173. The maximum atomic E-state index is 9.62. The van der Waals surface area contributed by atoms with Crippen LogP contribution >= 0.6 is 0 Å². The zero-order valence-electron chi connectivity index (χ0n) is 14.7. The zero-order chi connectivity index (χ0) is 17.2. The van der Waals surface area contributed by atoms with Crippen molar-refractivity contribution in [1.82, 2.24) is 10.2 Å². The van der Waals surface area contributed by atoms with Crippen LogP contribution in [-0.2, 0) is 11.3 Å². The molecule has 2 rings (SSSR count). The summed E-state index contributed by atoms with van der Waals surface area (Å²) in [5.41, 5.74) is 1.04. The Hall–Kier alpha value is -1.79. The summed E-state index contributed by atoms with van der Waals surface area (Å²) in [6.45, 7) is 6.27. The van der Waals surface area contributed by atoms with E-state index in [4.69, 9.17) is 9.47 Å². The van der Waals surface area contributed by atoms with Gasteiger partial charge in [-0.3, -0.25) is 4.99 Å². The number of aliphatic imine (C=N–C) groups is 1. The third-order valence-electron chi connectivity index (χ3n) is 4.05. The Morgan fingerprint density at radius 3 is 2.79 bits per heavy atom. The minimum absolute atomic E-state index is 0.173. The highest BCUT2D eigenvalue weighted by Crippen LogP contribution is 2.17. The maximum absolute atomic E-state index is 9.62. The molecule has 2 N–H and O–H groups in total. The van der Waals surface area contributed by atoms with Crippen LogP contribution in [0.4, 0.5) is 0 Å². The summed E-state index contributed by atoms with van der Waals surface area (Å²) >= 11 is 0. The molecule has 0 aromatic heterocycles. The number of ether oxygens (including phenoxy) is 2. The average molecular weight is 335 g/mol. The molecular weight excluding hydrogens is 306 g/mol. The standard InChI is InChI=1S/C18H29N3O3/c1-3-19-18(21-11-8-16(22)9-12-21)20-10-13-24-14-15-6-4-5-7-17(15)23-2/h4-7,16,22H,3,8-14H2,1-2H3,(H,19,20). The van der Waals surface area contributed by atoms with E-state index in [0.29, 0.717) is 19.8 Å². The number of likely N-dealkylation sites (tertiary alicyclic amines) is 1. The monoisotopic (exact) mass is 335 g/mol. The molecule has 0 spiro atoms. The van der Waals surface area contributed by atoms with Gasteiger partial charge in [0.2, 0.25) is 0 Å². The first kappa shape index (κ1) is 18.5. The Kier molecular flexibility index (Phi) is 7.85. The van der Waals surface area contributed by atoms with Crippen molar-refractivity contribution in [3.63, 3.8) is 0 Å². The molecule has 0 aliphatic carbocycles. The highest BCUT2D eigenvalue weighted by atomic mass is 16.5. The Balaban J connectivity index is 1.77. The van der Waals surface area contributed by atoms with Crippen molar-refractivity contribution in [2.75, 3.05) is 39.9 Å². The van der Waals surface area contributed by atoms with Crippen LogP contribution in [0.15, 0.2) is 29.3 Å². The molecule has 1 fully saturated rings. The summed E-state index contributed by atoms with van der Waals surface area (Å²) in [5.74, 6) is 1.76. The largest absolute Gasteiger partial charge is 0.496 e. The van der Waals surface area contributed by atoms with Crippen molar-refractivity contribution in [3.8, 4) is 5.75 Å². The predicted octanol–water partition coefficient (Wildman–Crippen LogP) is 1.63. The lowest BCUT2D eigenvalue weighted by atomic mass is 10.1. The van der Waals surface area contributed by atoms with Crippen LogP contribution in [0, 0.1) is 0 Å². The van der Waals surface area contributed by atoms with Crippen molar-refractivity contribution < 1.29 is 14.6 Å². The molecule has 1 aliphatic rings. The molecule has 1 aromatic rings. The molecular formula is C18H29N3O3. The second-order valence-corrected chi connectivity index (χ2v) is 5.82. The first-order chi connectivity index (χ1) is 11.7. The van der Waals surface area contributed by atoms with Gasteiger partial charge in [0.05, 0.1) is 33.0 Å². The van der Waals surface area contributed by atoms with Crippen LogP contribution in [0.3, 0.4) is 0 Å². The zero-order valence-corrected chi connectivity index (χ0v) is 14.7. The SMILES string of the molecule is CCNC(=NCCOCc1ccccc1OC)N1CCC(O)CC1. The third-order valence-corrected chi connectivity index (χ3v) is 4.05. The van der Waals surface area contributed by atoms with Gasteiger partial charge in [0.1, 0.15) is 5.75 Å². The quantitative estimate of drug-likeness (QED) is 0.450. The van der Waals surface area contributed by atoms with Gasteiger partial charge in [-0.05, 0) is 25.8 Å². The molecule has 134 valence electrons. The van der Waals surface area contributed by atoms with Crippen molar-refractivity contribution in [2.24, 2.45) is 4.99 Å². The molecule has 0 saturated carbocycles. The number of guanidine groups is 1. The molecule has 0 unspecified atom stereocenters. The van der Waals surface area contributed by atoms with Gasteiger partial charge in [-0.25, -0.2) is 0 Å². The summed E-state index contributed by atoms with van der Waals surface area (Å²) in [4.78, 5) is 6.83. The fourth-order valence-electron chi connectivity index (χ4n) is 2.72. The lowest BCUT2D eigenvalue weighted by Crippen LogP contribution is -2.46. The van der Waals surface area contributed by atoms with Crippen LogP contribution < -0.4 is 10.1 Å². The van der Waals surface area contributed by atoms with E-state index in [-0.39, 0.29) is 6.10 Å². The summed E-state index contributed by atoms with van der Waals surface area (Å²) in [5, 5.41) is 12.9. The van der Waals surface area contributed by atoms with Crippen LogP contribution in [0.1, 0.15) is 25.3 Å². The van der Waals surface area contributed by atoms with Gasteiger partial charge < -0.3 is 24.8 Å².